The summed E-state index contributed by atoms with van der Waals surface area (Å²) < 4.78 is 4.64. The molecule has 0 amide bonds. The number of nitrogens with one attached hydrogen (secondary N) is 1. The van der Waals surface area contributed by atoms with Crippen LogP contribution in [0, 0.1) is 0 Å². The lowest BCUT2D eigenvalue weighted by atomic mass is 10.1. The molecule has 1 rings (SSSR count). The SMILES string of the molecule is COC(=O)c1ccc(CNC(C)CCCO)cc1. The number of hydrogen-bond donors (Lipinski definition) is 2. The highest BCUT2D eigenvalue weighted by atomic mass is 16.5. The zero-order valence-corrected chi connectivity index (χ0v) is 11.0. The van der Waals surface area contributed by atoms with Crippen molar-refractivity contribution in [3.8, 4) is 0 Å². The largest absolute Gasteiger partial charge is 0.465 e. The van der Waals surface area contributed by atoms with Crippen LogP contribution in [0.4, 0.5) is 0 Å². The lowest BCUT2D eigenvalue weighted by molar-refractivity contribution is 0.0600. The fourth-order valence-corrected chi connectivity index (χ4v) is 1.67. The normalized spacial score (nSPS) is 12.2. The first-order chi connectivity index (χ1) is 8.67. The number of benzene rings is 1. The van der Waals surface area contributed by atoms with Gasteiger partial charge in [-0.15, -0.1) is 0 Å². The number of methoxy groups -OCH3 is 1. The van der Waals surface area contributed by atoms with Crippen LogP contribution < -0.4 is 5.32 Å². The topological polar surface area (TPSA) is 58.6 Å². The maximum atomic E-state index is 11.2. The van der Waals surface area contributed by atoms with Gasteiger partial charge in [-0.1, -0.05) is 12.1 Å². The van der Waals surface area contributed by atoms with Crippen molar-refractivity contribution in [2.24, 2.45) is 0 Å². The van der Waals surface area contributed by atoms with Crippen molar-refractivity contribution in [2.45, 2.75) is 32.4 Å². The van der Waals surface area contributed by atoms with E-state index in [2.05, 4.69) is 17.0 Å². The summed E-state index contributed by atoms with van der Waals surface area (Å²) in [5.74, 6) is -0.314. The summed E-state index contributed by atoms with van der Waals surface area (Å²) >= 11 is 0. The van der Waals surface area contributed by atoms with Crippen LogP contribution in [0.25, 0.3) is 0 Å². The van der Waals surface area contributed by atoms with Crippen molar-refractivity contribution in [3.05, 3.63) is 35.4 Å². The van der Waals surface area contributed by atoms with Gasteiger partial charge in [0.2, 0.25) is 0 Å². The molecule has 0 heterocycles. The molecule has 0 fully saturated rings. The summed E-state index contributed by atoms with van der Waals surface area (Å²) in [5.41, 5.74) is 1.69. The van der Waals surface area contributed by atoms with Gasteiger partial charge in [0.1, 0.15) is 0 Å². The van der Waals surface area contributed by atoms with Gasteiger partial charge in [0.15, 0.2) is 0 Å². The van der Waals surface area contributed by atoms with Crippen molar-refractivity contribution in [1.29, 1.82) is 0 Å². The van der Waals surface area contributed by atoms with Crippen LogP contribution in [0.1, 0.15) is 35.7 Å². The van der Waals surface area contributed by atoms with Crippen LogP contribution >= 0.6 is 0 Å². The number of hydrogen-bond acceptors (Lipinski definition) is 4. The van der Waals surface area contributed by atoms with Gasteiger partial charge in [-0.05, 0) is 37.5 Å². The van der Waals surface area contributed by atoms with Crippen molar-refractivity contribution in [3.63, 3.8) is 0 Å². The molecule has 0 saturated heterocycles. The minimum absolute atomic E-state index is 0.236. The molecule has 1 unspecified atom stereocenters. The van der Waals surface area contributed by atoms with E-state index in [0.717, 1.165) is 24.9 Å². The molecule has 4 heteroatoms. The van der Waals surface area contributed by atoms with E-state index in [9.17, 15) is 4.79 Å². The fraction of sp³-hybridized carbons (Fsp3) is 0.500. The Morgan fingerprint density at radius 2 is 2.06 bits per heavy atom. The average Bonchev–Trinajstić information content (AvgIpc) is 2.42. The number of rotatable bonds is 7. The van der Waals surface area contributed by atoms with Gasteiger partial charge in [-0.3, -0.25) is 0 Å². The van der Waals surface area contributed by atoms with Gasteiger partial charge in [0.05, 0.1) is 12.7 Å². The van der Waals surface area contributed by atoms with Gasteiger partial charge in [-0.25, -0.2) is 4.79 Å². The zero-order valence-electron chi connectivity index (χ0n) is 11.0. The summed E-state index contributed by atoms with van der Waals surface area (Å²) in [6.45, 7) is 3.09. The molecule has 1 atom stereocenters. The maximum absolute atomic E-state index is 11.2. The minimum atomic E-state index is -0.314. The van der Waals surface area contributed by atoms with E-state index >= 15 is 0 Å². The molecule has 0 saturated carbocycles. The smallest absolute Gasteiger partial charge is 0.337 e. The van der Waals surface area contributed by atoms with E-state index in [1.54, 1.807) is 12.1 Å². The summed E-state index contributed by atoms with van der Waals surface area (Å²) in [7, 11) is 1.38. The first-order valence-corrected chi connectivity index (χ1v) is 6.19. The minimum Gasteiger partial charge on any atom is -0.465 e. The number of esters is 1. The Labute approximate surface area is 108 Å². The summed E-state index contributed by atoms with van der Waals surface area (Å²) in [6.07, 6.45) is 1.77. The first kappa shape index (κ1) is 14.7. The molecule has 0 aliphatic rings. The van der Waals surface area contributed by atoms with Crippen molar-refractivity contribution in [1.82, 2.24) is 5.32 Å². The number of carbonyl (C=O) groups excluding carboxylic acids is 1. The molecule has 1 aromatic carbocycles. The number of ether oxygens (including phenoxy) is 1. The van der Waals surface area contributed by atoms with E-state index in [0.29, 0.717) is 11.6 Å². The summed E-state index contributed by atoms with van der Waals surface area (Å²) in [4.78, 5) is 11.2. The molecule has 100 valence electrons. The molecule has 0 aliphatic carbocycles. The van der Waals surface area contributed by atoms with E-state index in [-0.39, 0.29) is 12.6 Å². The average molecular weight is 251 g/mol. The second-order valence-corrected chi connectivity index (χ2v) is 4.34. The number of aliphatic hydroxyl groups is 1. The van der Waals surface area contributed by atoms with Crippen molar-refractivity contribution in [2.75, 3.05) is 13.7 Å². The number of aliphatic hydroxyl groups excluding tert-OH is 1. The summed E-state index contributed by atoms with van der Waals surface area (Å²) in [6, 6.07) is 7.73. The Hall–Kier alpha value is -1.39. The van der Waals surface area contributed by atoms with Crippen LogP contribution in [0.15, 0.2) is 24.3 Å². The van der Waals surface area contributed by atoms with E-state index in [1.165, 1.54) is 7.11 Å². The van der Waals surface area contributed by atoms with Crippen LogP contribution in [-0.4, -0.2) is 30.8 Å². The molecule has 0 radical (unpaired) electrons. The van der Waals surface area contributed by atoms with E-state index in [4.69, 9.17) is 5.11 Å². The fourth-order valence-electron chi connectivity index (χ4n) is 1.67. The van der Waals surface area contributed by atoms with Gasteiger partial charge >= 0.3 is 5.97 Å². The Balaban J connectivity index is 2.41. The molecule has 4 nitrogen and oxygen atoms in total. The highest BCUT2D eigenvalue weighted by molar-refractivity contribution is 5.89. The van der Waals surface area contributed by atoms with Gasteiger partial charge in [0.25, 0.3) is 0 Å². The Morgan fingerprint density at radius 1 is 1.39 bits per heavy atom. The lowest BCUT2D eigenvalue weighted by Crippen LogP contribution is -2.25. The van der Waals surface area contributed by atoms with E-state index < -0.39 is 0 Å². The van der Waals surface area contributed by atoms with Crippen LogP contribution in [-0.2, 0) is 11.3 Å². The predicted octanol–water partition coefficient (Wildman–Crippen LogP) is 1.72. The van der Waals surface area contributed by atoms with Crippen molar-refractivity contribution >= 4 is 5.97 Å². The third kappa shape index (κ3) is 4.85. The molecule has 0 aliphatic heterocycles. The Bertz CT molecular complexity index is 362. The molecule has 0 bridgehead atoms. The molecule has 2 N–H and O–H groups in total. The molecule has 0 aromatic heterocycles. The Kier molecular flexibility index (Phi) is 6.39. The monoisotopic (exact) mass is 251 g/mol. The van der Waals surface area contributed by atoms with Crippen molar-refractivity contribution < 1.29 is 14.6 Å². The lowest BCUT2D eigenvalue weighted by Gasteiger charge is -2.13. The van der Waals surface area contributed by atoms with E-state index in [1.807, 2.05) is 12.1 Å². The second kappa shape index (κ2) is 7.84. The molecule has 18 heavy (non-hydrogen) atoms. The third-order valence-electron chi connectivity index (χ3n) is 2.82. The predicted molar refractivity (Wildman–Crippen MR) is 70.4 cm³/mol. The second-order valence-electron chi connectivity index (χ2n) is 4.34. The van der Waals surface area contributed by atoms with Crippen LogP contribution in [0.2, 0.25) is 0 Å². The number of carbonyl (C=O) groups is 1. The maximum Gasteiger partial charge on any atom is 0.337 e. The highest BCUT2D eigenvalue weighted by Crippen LogP contribution is 2.06. The van der Waals surface area contributed by atoms with Gasteiger partial charge < -0.3 is 15.2 Å². The summed E-state index contributed by atoms with van der Waals surface area (Å²) in [5, 5.41) is 12.1. The van der Waals surface area contributed by atoms with Gasteiger partial charge in [-0.2, -0.15) is 0 Å². The van der Waals surface area contributed by atoms with Crippen LogP contribution in [0.5, 0.6) is 0 Å². The Morgan fingerprint density at radius 3 is 2.61 bits per heavy atom. The first-order valence-electron chi connectivity index (χ1n) is 6.19. The van der Waals surface area contributed by atoms with Crippen LogP contribution in [0.3, 0.4) is 0 Å². The zero-order chi connectivity index (χ0) is 13.4. The third-order valence-corrected chi connectivity index (χ3v) is 2.82. The molecule has 1 aromatic rings. The van der Waals surface area contributed by atoms with Gasteiger partial charge in [0, 0.05) is 19.2 Å². The highest BCUT2D eigenvalue weighted by Gasteiger charge is 2.05. The molecule has 0 spiro atoms. The standard InChI is InChI=1S/C14H21NO3/c1-11(4-3-9-16)15-10-12-5-7-13(8-6-12)14(17)18-2/h5-8,11,15-16H,3-4,9-10H2,1-2H3. The quantitative estimate of drug-likeness (QED) is 0.724. The molecular formula is C14H21NO3. The molecular weight excluding hydrogens is 230 g/mol.